The first kappa shape index (κ1) is 22.7. The Kier molecular flexibility index (Phi) is 7.11. The van der Waals surface area contributed by atoms with Crippen LogP contribution in [0.5, 0.6) is 0 Å². The second kappa shape index (κ2) is 10.0. The number of fused-ring (bicyclic) bond motifs is 2. The minimum atomic E-state index is -1.68. The number of aromatic nitrogens is 4. The Morgan fingerprint density at radius 3 is 2.47 bits per heavy atom. The Bertz CT molecular complexity index is 1070. The van der Waals surface area contributed by atoms with Crippen molar-refractivity contribution in [3.63, 3.8) is 0 Å². The molecule has 5 nitrogen and oxygen atoms in total. The largest absolute Gasteiger partial charge is 0.361 e. The second-order valence-corrected chi connectivity index (χ2v) is 14.7. The second-order valence-electron chi connectivity index (χ2n) is 9.82. The topological polar surface area (TPSA) is 49.7 Å². The van der Waals surface area contributed by atoms with Gasteiger partial charge >= 0.3 is 0 Å². The molecule has 0 radical (unpaired) electrons. The number of nitrogens with one attached hydrogen (secondary N) is 1. The number of aromatic amines is 1. The highest BCUT2D eigenvalue weighted by molar-refractivity contribution is 6.73. The van der Waals surface area contributed by atoms with Crippen LogP contribution in [0.3, 0.4) is 0 Å². The van der Waals surface area contributed by atoms with Crippen LogP contribution in [0, 0.1) is 0 Å². The highest BCUT2D eigenvalue weighted by atomic mass is 28.3. The third-order valence-electron chi connectivity index (χ3n) is 6.42. The summed E-state index contributed by atoms with van der Waals surface area (Å²) in [5, 5.41) is 10.5. The molecule has 2 heterocycles. The molecule has 0 saturated carbocycles. The SMILES string of the molecule is CCCCCCCCN(C(c1c[nH]c2ccccc12)n1nnc2ccccc21)[Si](C)(C)C. The zero-order valence-electron chi connectivity index (χ0n) is 20.0. The van der Waals surface area contributed by atoms with Crippen molar-refractivity contribution >= 4 is 30.2 Å². The minimum Gasteiger partial charge on any atom is -0.361 e. The van der Waals surface area contributed by atoms with Gasteiger partial charge in [-0.05, 0) is 31.2 Å². The van der Waals surface area contributed by atoms with Crippen LogP contribution in [0.1, 0.15) is 57.2 Å². The number of benzene rings is 2. The molecule has 1 N–H and O–H groups in total. The fourth-order valence-corrected chi connectivity index (χ4v) is 6.51. The molecular formula is C26H37N5Si. The van der Waals surface area contributed by atoms with E-state index in [4.69, 9.17) is 5.21 Å². The maximum Gasteiger partial charge on any atom is 0.128 e. The predicted octanol–water partition coefficient (Wildman–Crippen LogP) is 6.96. The lowest BCUT2D eigenvalue weighted by molar-refractivity contribution is 0.261. The zero-order chi connectivity index (χ0) is 22.6. The van der Waals surface area contributed by atoms with Gasteiger partial charge in [-0.2, -0.15) is 0 Å². The first-order valence-electron chi connectivity index (χ1n) is 12.1. The molecule has 0 fully saturated rings. The number of rotatable bonds is 11. The van der Waals surface area contributed by atoms with Crippen molar-refractivity contribution in [3.05, 3.63) is 60.3 Å². The van der Waals surface area contributed by atoms with E-state index in [1.807, 2.05) is 6.07 Å². The Hall–Kier alpha value is -2.44. The number of hydrogen-bond donors (Lipinski definition) is 1. The summed E-state index contributed by atoms with van der Waals surface area (Å²) in [6.45, 7) is 10.7. The summed E-state index contributed by atoms with van der Waals surface area (Å²) in [6.07, 6.45) is 10.0. The molecule has 0 amide bonds. The Balaban J connectivity index is 1.75. The van der Waals surface area contributed by atoms with Gasteiger partial charge in [0.1, 0.15) is 19.9 Å². The summed E-state index contributed by atoms with van der Waals surface area (Å²) < 4.78 is 4.89. The van der Waals surface area contributed by atoms with E-state index >= 15 is 0 Å². The fourth-order valence-electron chi connectivity index (χ4n) is 4.69. The first-order valence-corrected chi connectivity index (χ1v) is 15.6. The van der Waals surface area contributed by atoms with Crippen LogP contribution in [0.2, 0.25) is 19.6 Å². The average Bonchev–Trinajstić information content (AvgIpc) is 3.39. The van der Waals surface area contributed by atoms with E-state index in [1.54, 1.807) is 0 Å². The molecule has 32 heavy (non-hydrogen) atoms. The van der Waals surface area contributed by atoms with E-state index in [2.05, 4.69) is 94.6 Å². The summed E-state index contributed by atoms with van der Waals surface area (Å²) in [7, 11) is -1.68. The van der Waals surface area contributed by atoms with Crippen molar-refractivity contribution in [2.45, 2.75) is 71.3 Å². The van der Waals surface area contributed by atoms with E-state index < -0.39 is 8.24 Å². The van der Waals surface area contributed by atoms with Gasteiger partial charge in [-0.3, -0.25) is 4.57 Å². The minimum absolute atomic E-state index is 0.0286. The molecule has 0 saturated heterocycles. The average molecular weight is 448 g/mol. The van der Waals surface area contributed by atoms with Crippen molar-refractivity contribution in [2.24, 2.45) is 0 Å². The molecule has 0 bridgehead atoms. The van der Waals surface area contributed by atoms with Crippen molar-refractivity contribution < 1.29 is 0 Å². The third kappa shape index (κ3) is 4.81. The van der Waals surface area contributed by atoms with Crippen LogP contribution in [0.25, 0.3) is 21.9 Å². The predicted molar refractivity (Wildman–Crippen MR) is 137 cm³/mol. The van der Waals surface area contributed by atoms with Gasteiger partial charge in [-0.25, -0.2) is 4.68 Å². The van der Waals surface area contributed by atoms with E-state index in [0.717, 1.165) is 17.6 Å². The van der Waals surface area contributed by atoms with Crippen LogP contribution in [-0.4, -0.2) is 39.3 Å². The van der Waals surface area contributed by atoms with Crippen LogP contribution in [0.15, 0.2) is 54.7 Å². The Labute approximate surface area is 192 Å². The maximum atomic E-state index is 4.69. The van der Waals surface area contributed by atoms with Crippen molar-refractivity contribution in [2.75, 3.05) is 6.54 Å². The van der Waals surface area contributed by atoms with Gasteiger partial charge in [-0.15, -0.1) is 5.10 Å². The van der Waals surface area contributed by atoms with Gasteiger partial charge < -0.3 is 4.98 Å². The maximum absolute atomic E-state index is 4.69. The smallest absolute Gasteiger partial charge is 0.128 e. The lowest BCUT2D eigenvalue weighted by Crippen LogP contribution is -2.50. The molecular weight excluding hydrogens is 410 g/mol. The molecule has 1 unspecified atom stereocenters. The van der Waals surface area contributed by atoms with Crippen LogP contribution < -0.4 is 0 Å². The quantitative estimate of drug-likeness (QED) is 0.200. The van der Waals surface area contributed by atoms with E-state index in [0.29, 0.717) is 0 Å². The molecule has 4 aromatic rings. The molecule has 2 aromatic carbocycles. The first-order chi connectivity index (χ1) is 15.5. The van der Waals surface area contributed by atoms with Gasteiger partial charge in [0.05, 0.1) is 5.52 Å². The van der Waals surface area contributed by atoms with Crippen molar-refractivity contribution in [3.8, 4) is 0 Å². The molecule has 2 aromatic heterocycles. The van der Waals surface area contributed by atoms with Gasteiger partial charge in [0.15, 0.2) is 0 Å². The third-order valence-corrected chi connectivity index (χ3v) is 8.61. The highest BCUT2D eigenvalue weighted by Gasteiger charge is 2.35. The fraction of sp³-hybridized carbons (Fsp3) is 0.462. The molecule has 1 atom stereocenters. The number of para-hydroxylation sites is 2. The monoisotopic (exact) mass is 447 g/mol. The van der Waals surface area contributed by atoms with Gasteiger partial charge in [0.25, 0.3) is 0 Å². The van der Waals surface area contributed by atoms with E-state index in [1.165, 1.54) is 55.0 Å². The standard InChI is InChI=1S/C26H37N5Si/c1-5-6-7-8-9-14-19-30(32(2,3)4)26(22-20-27-23-16-11-10-15-21(22)23)31-25-18-13-12-17-24(25)28-29-31/h10-13,15-18,20,26-27H,5-9,14,19H2,1-4H3. The Morgan fingerprint density at radius 1 is 0.938 bits per heavy atom. The molecule has 4 rings (SSSR count). The van der Waals surface area contributed by atoms with Crippen molar-refractivity contribution in [1.82, 2.24) is 24.5 Å². The Morgan fingerprint density at radius 2 is 1.66 bits per heavy atom. The molecule has 6 heteroatoms. The van der Waals surface area contributed by atoms with Gasteiger partial charge in [0, 0.05) is 22.7 Å². The summed E-state index contributed by atoms with van der Waals surface area (Å²) >= 11 is 0. The van der Waals surface area contributed by atoms with E-state index in [-0.39, 0.29) is 6.17 Å². The molecule has 0 aliphatic heterocycles. The summed E-state index contributed by atoms with van der Waals surface area (Å²) in [5.74, 6) is 0. The van der Waals surface area contributed by atoms with Crippen LogP contribution in [-0.2, 0) is 0 Å². The van der Waals surface area contributed by atoms with Gasteiger partial charge in [-0.1, -0.05) is 94.2 Å². The molecule has 0 spiro atoms. The van der Waals surface area contributed by atoms with Crippen LogP contribution in [0.4, 0.5) is 0 Å². The van der Waals surface area contributed by atoms with Gasteiger partial charge in [0.2, 0.25) is 0 Å². The number of nitrogens with zero attached hydrogens (tertiary/aromatic N) is 4. The highest BCUT2D eigenvalue weighted by Crippen LogP contribution is 2.34. The summed E-state index contributed by atoms with van der Waals surface area (Å²) in [6, 6.07) is 16.9. The molecule has 170 valence electrons. The number of hydrogen-bond acceptors (Lipinski definition) is 3. The lowest BCUT2D eigenvalue weighted by atomic mass is 10.1. The molecule has 0 aliphatic carbocycles. The van der Waals surface area contributed by atoms with E-state index in [9.17, 15) is 0 Å². The summed E-state index contributed by atoms with van der Waals surface area (Å²) in [4.78, 5) is 3.50. The normalized spacial score (nSPS) is 13.4. The summed E-state index contributed by atoms with van der Waals surface area (Å²) in [5.41, 5.74) is 4.50. The van der Waals surface area contributed by atoms with Crippen LogP contribution >= 0.6 is 0 Å². The number of unbranched alkanes of at least 4 members (excludes halogenated alkanes) is 5. The zero-order valence-corrected chi connectivity index (χ0v) is 21.0. The number of H-pyrrole nitrogens is 1. The lowest BCUT2D eigenvalue weighted by Gasteiger charge is -2.40. The van der Waals surface area contributed by atoms with Crippen molar-refractivity contribution in [1.29, 1.82) is 0 Å². The molecule has 0 aliphatic rings.